The van der Waals surface area contributed by atoms with Gasteiger partial charge in [0.2, 0.25) is 5.91 Å². The Kier molecular flexibility index (Phi) is 3.75. The van der Waals surface area contributed by atoms with Gasteiger partial charge in [-0.1, -0.05) is 0 Å². The zero-order valence-corrected chi connectivity index (χ0v) is 12.0. The maximum atomic E-state index is 12.2. The lowest BCUT2D eigenvalue weighted by molar-refractivity contribution is -0.131. The Morgan fingerprint density at radius 2 is 2.50 bits per heavy atom. The van der Waals surface area contributed by atoms with E-state index in [1.54, 1.807) is 0 Å². The number of rotatable bonds is 3. The first kappa shape index (κ1) is 13.2. The molecule has 2 N–H and O–H groups in total. The first-order valence-corrected chi connectivity index (χ1v) is 7.41. The number of nitrogens with zero attached hydrogens (tertiary/aromatic N) is 4. The Balaban J connectivity index is 1.64. The molecule has 106 valence electrons. The molecule has 1 fully saturated rings. The second kappa shape index (κ2) is 5.68. The molecule has 0 saturated carbocycles. The van der Waals surface area contributed by atoms with Crippen LogP contribution in [0.2, 0.25) is 0 Å². The lowest BCUT2D eigenvalue weighted by atomic mass is 10.2. The molecule has 0 aliphatic carbocycles. The van der Waals surface area contributed by atoms with Crippen molar-refractivity contribution in [1.82, 2.24) is 30.4 Å². The minimum Gasteiger partial charge on any atom is -0.340 e. The molecule has 1 unspecified atom stereocenters. The minimum atomic E-state index is 0.132. The molecule has 1 aliphatic heterocycles. The van der Waals surface area contributed by atoms with E-state index in [-0.39, 0.29) is 5.91 Å². The van der Waals surface area contributed by atoms with E-state index in [4.69, 9.17) is 0 Å². The molecule has 3 rings (SSSR count). The molecule has 1 atom stereocenters. The van der Waals surface area contributed by atoms with Gasteiger partial charge in [-0.3, -0.25) is 9.89 Å². The zero-order valence-electron chi connectivity index (χ0n) is 11.2. The summed E-state index contributed by atoms with van der Waals surface area (Å²) < 4.78 is 0. The van der Waals surface area contributed by atoms with Crippen LogP contribution >= 0.6 is 11.3 Å². The first-order chi connectivity index (χ1) is 9.72. The third-order valence-corrected chi connectivity index (χ3v) is 4.12. The van der Waals surface area contributed by atoms with Crippen molar-refractivity contribution in [2.45, 2.75) is 19.4 Å². The summed E-state index contributed by atoms with van der Waals surface area (Å²) in [6.07, 6.45) is 1.79. The number of aromatic nitrogens is 4. The van der Waals surface area contributed by atoms with Gasteiger partial charge in [-0.25, -0.2) is 9.97 Å². The number of carbonyl (C=O) groups is 1. The van der Waals surface area contributed by atoms with Crippen molar-refractivity contribution in [1.29, 1.82) is 0 Å². The summed E-state index contributed by atoms with van der Waals surface area (Å²) in [5.74, 6) is 0.775. The van der Waals surface area contributed by atoms with Crippen molar-refractivity contribution in [2.24, 2.45) is 0 Å². The topological polar surface area (TPSA) is 86.8 Å². The Hall–Kier alpha value is -1.80. The molecule has 0 bridgehead atoms. The lowest BCUT2D eigenvalue weighted by Crippen LogP contribution is -2.51. The number of aromatic amines is 1. The summed E-state index contributed by atoms with van der Waals surface area (Å²) in [7, 11) is 0. The number of H-pyrrole nitrogens is 1. The van der Waals surface area contributed by atoms with Crippen LogP contribution in [0, 0.1) is 0 Å². The summed E-state index contributed by atoms with van der Waals surface area (Å²) in [5.41, 5.74) is 0.789. The number of hydrogen-bond donors (Lipinski definition) is 2. The van der Waals surface area contributed by atoms with Crippen LogP contribution in [0.1, 0.15) is 12.6 Å². The van der Waals surface area contributed by atoms with Crippen LogP contribution in [-0.4, -0.2) is 56.6 Å². The highest BCUT2D eigenvalue weighted by Gasteiger charge is 2.21. The van der Waals surface area contributed by atoms with Crippen molar-refractivity contribution in [3.63, 3.8) is 0 Å². The quantitative estimate of drug-likeness (QED) is 0.849. The van der Waals surface area contributed by atoms with E-state index in [2.05, 4.69) is 32.4 Å². The molecular formula is C12H16N6OS. The summed E-state index contributed by atoms with van der Waals surface area (Å²) >= 11 is 1.47. The number of thiazole rings is 1. The maximum Gasteiger partial charge on any atom is 0.228 e. The standard InChI is InChI=1S/C12H16N6OS/c1-8-5-18(3-2-13-8)10(19)4-9-6-20-12(16-9)11-14-7-15-17-11/h6-8,13H,2-5H2,1H3,(H,14,15,17). The summed E-state index contributed by atoms with van der Waals surface area (Å²) in [6.45, 7) is 4.47. The van der Waals surface area contributed by atoms with E-state index >= 15 is 0 Å². The van der Waals surface area contributed by atoms with Gasteiger partial charge in [0.15, 0.2) is 10.8 Å². The van der Waals surface area contributed by atoms with Gasteiger partial charge in [-0.2, -0.15) is 5.10 Å². The molecule has 0 radical (unpaired) electrons. The first-order valence-electron chi connectivity index (χ1n) is 6.53. The largest absolute Gasteiger partial charge is 0.340 e. The Bertz CT molecular complexity index is 581. The smallest absolute Gasteiger partial charge is 0.228 e. The molecule has 8 heteroatoms. The predicted molar refractivity (Wildman–Crippen MR) is 75.2 cm³/mol. The molecule has 1 amide bonds. The fourth-order valence-corrected chi connectivity index (χ4v) is 2.99. The molecule has 7 nitrogen and oxygen atoms in total. The lowest BCUT2D eigenvalue weighted by Gasteiger charge is -2.31. The number of nitrogens with one attached hydrogen (secondary N) is 2. The fourth-order valence-electron chi connectivity index (χ4n) is 2.23. The summed E-state index contributed by atoms with van der Waals surface area (Å²) in [6, 6.07) is 0.355. The number of amides is 1. The molecule has 0 aromatic carbocycles. The van der Waals surface area contributed by atoms with Gasteiger partial charge in [0.25, 0.3) is 0 Å². The van der Waals surface area contributed by atoms with Gasteiger partial charge >= 0.3 is 0 Å². The average molecular weight is 292 g/mol. The van der Waals surface area contributed by atoms with E-state index in [0.717, 1.165) is 30.3 Å². The normalized spacial score (nSPS) is 19.2. The molecule has 20 heavy (non-hydrogen) atoms. The monoisotopic (exact) mass is 292 g/mol. The second-order valence-electron chi connectivity index (χ2n) is 4.85. The summed E-state index contributed by atoms with van der Waals surface area (Å²) in [4.78, 5) is 22.6. The molecule has 0 spiro atoms. The van der Waals surface area contributed by atoms with Gasteiger partial charge in [-0.15, -0.1) is 11.3 Å². The van der Waals surface area contributed by atoms with E-state index in [0.29, 0.717) is 18.3 Å². The van der Waals surface area contributed by atoms with Crippen LogP contribution in [0.5, 0.6) is 0 Å². The number of carbonyl (C=O) groups excluding carboxylic acids is 1. The van der Waals surface area contributed by atoms with Crippen molar-refractivity contribution >= 4 is 17.2 Å². The van der Waals surface area contributed by atoms with E-state index in [9.17, 15) is 4.79 Å². The van der Waals surface area contributed by atoms with Crippen LogP contribution in [-0.2, 0) is 11.2 Å². The molecule has 1 aliphatic rings. The molecule has 1 saturated heterocycles. The average Bonchev–Trinajstić information content (AvgIpc) is 3.08. The van der Waals surface area contributed by atoms with E-state index in [1.165, 1.54) is 17.7 Å². The number of hydrogen-bond acceptors (Lipinski definition) is 6. The van der Waals surface area contributed by atoms with Crippen LogP contribution in [0.3, 0.4) is 0 Å². The fraction of sp³-hybridized carbons (Fsp3) is 0.500. The van der Waals surface area contributed by atoms with Crippen molar-refractivity contribution in [2.75, 3.05) is 19.6 Å². The third-order valence-electron chi connectivity index (χ3n) is 3.22. The SMILES string of the molecule is CC1CN(C(=O)Cc2csc(-c3ncn[nH]3)n2)CCN1. The van der Waals surface area contributed by atoms with Gasteiger partial charge in [-0.05, 0) is 6.92 Å². The predicted octanol–water partition coefficient (Wildman–Crippen LogP) is 0.291. The third kappa shape index (κ3) is 2.86. The van der Waals surface area contributed by atoms with Crippen molar-refractivity contribution < 1.29 is 4.79 Å². The highest BCUT2D eigenvalue weighted by molar-refractivity contribution is 7.13. The van der Waals surface area contributed by atoms with E-state index < -0.39 is 0 Å². The van der Waals surface area contributed by atoms with Gasteiger partial charge in [0.05, 0.1) is 12.1 Å². The second-order valence-corrected chi connectivity index (χ2v) is 5.71. The van der Waals surface area contributed by atoms with E-state index in [1.807, 2.05) is 10.3 Å². The van der Waals surface area contributed by atoms with Crippen LogP contribution in [0.4, 0.5) is 0 Å². The minimum absolute atomic E-state index is 0.132. The van der Waals surface area contributed by atoms with Gasteiger partial charge in [0, 0.05) is 31.1 Å². The Labute approximate surface area is 120 Å². The number of piperazine rings is 1. The molecule has 2 aromatic heterocycles. The summed E-state index contributed by atoms with van der Waals surface area (Å²) in [5, 5.41) is 12.6. The molecule has 2 aromatic rings. The highest BCUT2D eigenvalue weighted by atomic mass is 32.1. The zero-order chi connectivity index (χ0) is 13.9. The van der Waals surface area contributed by atoms with Crippen molar-refractivity contribution in [3.05, 3.63) is 17.4 Å². The maximum absolute atomic E-state index is 12.2. The molecule has 3 heterocycles. The highest BCUT2D eigenvalue weighted by Crippen LogP contribution is 2.20. The van der Waals surface area contributed by atoms with Crippen LogP contribution in [0.15, 0.2) is 11.7 Å². The van der Waals surface area contributed by atoms with Crippen molar-refractivity contribution in [3.8, 4) is 10.8 Å². The van der Waals surface area contributed by atoms with Crippen LogP contribution in [0.25, 0.3) is 10.8 Å². The molecular weight excluding hydrogens is 276 g/mol. The van der Waals surface area contributed by atoms with Gasteiger partial charge in [0.1, 0.15) is 6.33 Å². The Morgan fingerprint density at radius 1 is 1.60 bits per heavy atom. The Morgan fingerprint density at radius 3 is 3.25 bits per heavy atom. The van der Waals surface area contributed by atoms with Crippen LogP contribution < -0.4 is 5.32 Å². The van der Waals surface area contributed by atoms with Gasteiger partial charge < -0.3 is 10.2 Å².